The maximum atomic E-state index is 11.7. The molecule has 0 unspecified atom stereocenters. The van der Waals surface area contributed by atoms with E-state index in [1.54, 1.807) is 6.92 Å². The van der Waals surface area contributed by atoms with Crippen LogP contribution in [0.5, 0.6) is 0 Å². The van der Waals surface area contributed by atoms with Crippen molar-refractivity contribution in [3.8, 4) is 0 Å². The van der Waals surface area contributed by atoms with Crippen molar-refractivity contribution in [1.29, 1.82) is 0 Å². The molecule has 0 aromatic heterocycles. The van der Waals surface area contributed by atoms with Crippen LogP contribution in [-0.2, 0) is 11.2 Å². The number of carbonyl (C=O) groups is 1. The third-order valence-electron chi connectivity index (χ3n) is 5.10. The minimum Gasteiger partial charge on any atom is -0.368 e. The third kappa shape index (κ3) is 2.73. The zero-order valence-electron chi connectivity index (χ0n) is 14.1. The van der Waals surface area contributed by atoms with Crippen molar-refractivity contribution in [1.82, 2.24) is 0 Å². The van der Waals surface area contributed by atoms with Crippen LogP contribution < -0.4 is 14.7 Å². The van der Waals surface area contributed by atoms with Crippen molar-refractivity contribution < 1.29 is 4.79 Å². The molecule has 0 bridgehead atoms. The molecule has 4 heteroatoms. The molecular formula is C20H23N3O. The van der Waals surface area contributed by atoms with Crippen LogP contribution in [0.2, 0.25) is 0 Å². The number of hydrogen-bond acceptors (Lipinski definition) is 3. The first-order valence-corrected chi connectivity index (χ1v) is 8.68. The summed E-state index contributed by atoms with van der Waals surface area (Å²) in [4.78, 5) is 18.5. The number of benzene rings is 2. The molecule has 2 heterocycles. The molecule has 0 atom stereocenters. The number of fused-ring (bicyclic) bond motifs is 1. The average Bonchev–Trinajstić information content (AvgIpc) is 3.06. The van der Waals surface area contributed by atoms with Crippen molar-refractivity contribution in [2.45, 2.75) is 13.3 Å². The molecule has 0 aliphatic carbocycles. The van der Waals surface area contributed by atoms with Gasteiger partial charge in [-0.2, -0.15) is 0 Å². The van der Waals surface area contributed by atoms with E-state index in [2.05, 4.69) is 58.3 Å². The van der Waals surface area contributed by atoms with Gasteiger partial charge in [0, 0.05) is 56.7 Å². The van der Waals surface area contributed by atoms with Crippen LogP contribution in [0.15, 0.2) is 48.5 Å². The quantitative estimate of drug-likeness (QED) is 0.851. The summed E-state index contributed by atoms with van der Waals surface area (Å²) in [7, 11) is 0. The molecule has 4 nitrogen and oxygen atoms in total. The summed E-state index contributed by atoms with van der Waals surface area (Å²) >= 11 is 0. The van der Waals surface area contributed by atoms with Gasteiger partial charge in [-0.15, -0.1) is 0 Å². The van der Waals surface area contributed by atoms with Crippen molar-refractivity contribution in [2.24, 2.45) is 0 Å². The second kappa shape index (κ2) is 6.19. The summed E-state index contributed by atoms with van der Waals surface area (Å²) < 4.78 is 0. The van der Waals surface area contributed by atoms with Gasteiger partial charge in [0.05, 0.1) is 0 Å². The molecule has 0 N–H and O–H groups in total. The van der Waals surface area contributed by atoms with E-state index in [9.17, 15) is 4.79 Å². The van der Waals surface area contributed by atoms with Gasteiger partial charge in [-0.25, -0.2) is 0 Å². The Kier molecular flexibility index (Phi) is 3.89. The summed E-state index contributed by atoms with van der Waals surface area (Å²) in [6.45, 7) is 6.61. The Bertz CT molecular complexity index is 736. The van der Waals surface area contributed by atoms with Gasteiger partial charge in [-0.1, -0.05) is 18.2 Å². The Balaban J connectivity index is 1.46. The fraction of sp³-hybridized carbons (Fsp3) is 0.350. The van der Waals surface area contributed by atoms with E-state index in [4.69, 9.17) is 0 Å². The van der Waals surface area contributed by atoms with E-state index in [-0.39, 0.29) is 5.91 Å². The minimum atomic E-state index is 0.137. The van der Waals surface area contributed by atoms with Crippen LogP contribution in [-0.4, -0.2) is 38.6 Å². The first-order valence-electron chi connectivity index (χ1n) is 8.68. The Morgan fingerprint density at radius 2 is 1.50 bits per heavy atom. The van der Waals surface area contributed by atoms with Crippen molar-refractivity contribution in [3.05, 3.63) is 54.1 Å². The molecule has 1 saturated heterocycles. The van der Waals surface area contributed by atoms with Gasteiger partial charge in [0.25, 0.3) is 0 Å². The van der Waals surface area contributed by atoms with Crippen LogP contribution in [0, 0.1) is 0 Å². The lowest BCUT2D eigenvalue weighted by Crippen LogP contribution is -2.46. The monoisotopic (exact) mass is 321 g/mol. The van der Waals surface area contributed by atoms with Gasteiger partial charge in [-0.3, -0.25) is 4.79 Å². The largest absolute Gasteiger partial charge is 0.368 e. The Morgan fingerprint density at radius 3 is 2.17 bits per heavy atom. The molecule has 24 heavy (non-hydrogen) atoms. The van der Waals surface area contributed by atoms with Crippen LogP contribution >= 0.6 is 0 Å². The molecule has 2 aliphatic heterocycles. The highest BCUT2D eigenvalue weighted by Crippen LogP contribution is 2.32. The van der Waals surface area contributed by atoms with E-state index in [0.29, 0.717) is 0 Å². The maximum Gasteiger partial charge on any atom is 0.223 e. The molecule has 124 valence electrons. The zero-order chi connectivity index (χ0) is 16.5. The highest BCUT2D eigenvalue weighted by atomic mass is 16.2. The van der Waals surface area contributed by atoms with E-state index >= 15 is 0 Å². The number of rotatable bonds is 2. The summed E-state index contributed by atoms with van der Waals surface area (Å²) in [6.07, 6.45) is 0.965. The van der Waals surface area contributed by atoms with Crippen molar-refractivity contribution in [2.75, 3.05) is 47.4 Å². The smallest absolute Gasteiger partial charge is 0.223 e. The van der Waals surface area contributed by atoms with Gasteiger partial charge in [0.2, 0.25) is 5.91 Å². The lowest BCUT2D eigenvalue weighted by atomic mass is 10.1. The number of piperazine rings is 1. The van der Waals surface area contributed by atoms with Crippen LogP contribution in [0.4, 0.5) is 17.1 Å². The minimum absolute atomic E-state index is 0.137. The van der Waals surface area contributed by atoms with Crippen molar-refractivity contribution in [3.63, 3.8) is 0 Å². The first kappa shape index (κ1) is 15.1. The van der Waals surface area contributed by atoms with Crippen LogP contribution in [0.25, 0.3) is 0 Å². The van der Waals surface area contributed by atoms with E-state index in [0.717, 1.165) is 44.8 Å². The summed E-state index contributed by atoms with van der Waals surface area (Å²) in [6, 6.07) is 17.2. The standard InChI is InChI=1S/C20H23N3O/c1-16(24)23-10-9-17-15-19(7-8-20(17)23)22-13-11-21(12-14-22)18-5-3-2-4-6-18/h2-8,15H,9-14H2,1H3. The lowest BCUT2D eigenvalue weighted by Gasteiger charge is -2.37. The summed E-state index contributed by atoms with van der Waals surface area (Å²) in [5.41, 5.74) is 4.98. The number of amides is 1. The van der Waals surface area contributed by atoms with Gasteiger partial charge in [0.1, 0.15) is 0 Å². The van der Waals surface area contributed by atoms with Gasteiger partial charge in [0.15, 0.2) is 0 Å². The fourth-order valence-corrected chi connectivity index (χ4v) is 3.77. The molecule has 4 rings (SSSR count). The summed E-state index contributed by atoms with van der Waals surface area (Å²) in [5, 5.41) is 0. The highest BCUT2D eigenvalue weighted by Gasteiger charge is 2.24. The van der Waals surface area contributed by atoms with Crippen molar-refractivity contribution >= 4 is 23.0 Å². The fourth-order valence-electron chi connectivity index (χ4n) is 3.77. The second-order valence-corrected chi connectivity index (χ2v) is 6.54. The topological polar surface area (TPSA) is 26.8 Å². The number of hydrogen-bond donors (Lipinski definition) is 0. The normalized spacial score (nSPS) is 17.1. The van der Waals surface area contributed by atoms with Gasteiger partial charge < -0.3 is 14.7 Å². The number of para-hydroxylation sites is 1. The Hall–Kier alpha value is -2.49. The van der Waals surface area contributed by atoms with Crippen LogP contribution in [0.1, 0.15) is 12.5 Å². The molecule has 2 aromatic carbocycles. The maximum absolute atomic E-state index is 11.7. The highest BCUT2D eigenvalue weighted by molar-refractivity contribution is 5.94. The molecule has 2 aliphatic rings. The number of carbonyl (C=O) groups excluding carboxylic acids is 1. The molecular weight excluding hydrogens is 298 g/mol. The first-order chi connectivity index (χ1) is 11.7. The second-order valence-electron chi connectivity index (χ2n) is 6.54. The molecule has 1 fully saturated rings. The van der Waals surface area contributed by atoms with E-state index in [1.165, 1.54) is 16.9 Å². The number of nitrogens with zero attached hydrogens (tertiary/aromatic N) is 3. The third-order valence-corrected chi connectivity index (χ3v) is 5.10. The Morgan fingerprint density at radius 1 is 0.833 bits per heavy atom. The lowest BCUT2D eigenvalue weighted by molar-refractivity contribution is -0.116. The molecule has 0 saturated carbocycles. The molecule has 1 amide bonds. The van der Waals surface area contributed by atoms with E-state index < -0.39 is 0 Å². The van der Waals surface area contributed by atoms with Gasteiger partial charge >= 0.3 is 0 Å². The van der Waals surface area contributed by atoms with Gasteiger partial charge in [-0.05, 0) is 42.3 Å². The predicted octanol–water partition coefficient (Wildman–Crippen LogP) is 2.92. The van der Waals surface area contributed by atoms with Crippen LogP contribution in [0.3, 0.4) is 0 Å². The summed E-state index contributed by atoms with van der Waals surface area (Å²) in [5.74, 6) is 0.137. The SMILES string of the molecule is CC(=O)N1CCc2cc(N3CCN(c4ccccc4)CC3)ccc21. The Labute approximate surface area is 143 Å². The zero-order valence-corrected chi connectivity index (χ0v) is 14.1. The predicted molar refractivity (Wildman–Crippen MR) is 99.0 cm³/mol. The molecule has 0 radical (unpaired) electrons. The van der Waals surface area contributed by atoms with E-state index in [1.807, 2.05) is 4.90 Å². The average molecular weight is 321 g/mol. The molecule has 0 spiro atoms. The number of anilines is 3. The molecule has 2 aromatic rings.